The van der Waals surface area contributed by atoms with Crippen LogP contribution in [0, 0.1) is 0 Å². The maximum absolute atomic E-state index is 12.4. The van der Waals surface area contributed by atoms with E-state index in [-0.39, 0.29) is 12.0 Å². The summed E-state index contributed by atoms with van der Waals surface area (Å²) in [7, 11) is 7.46. The van der Waals surface area contributed by atoms with Gasteiger partial charge in [0, 0.05) is 13.6 Å². The number of carbonyl (C=O) groups is 3. The van der Waals surface area contributed by atoms with Crippen LogP contribution in [-0.2, 0) is 9.59 Å². The van der Waals surface area contributed by atoms with Crippen LogP contribution >= 0.6 is 0 Å². The fourth-order valence-electron chi connectivity index (χ4n) is 2.27. The van der Waals surface area contributed by atoms with Gasteiger partial charge in [0.1, 0.15) is 17.6 Å². The van der Waals surface area contributed by atoms with Crippen LogP contribution in [0.2, 0.25) is 0 Å². The summed E-state index contributed by atoms with van der Waals surface area (Å²) in [4.78, 5) is 34.4. The molecule has 1 aliphatic rings. The normalized spacial score (nSPS) is 16.0. The molecule has 9 nitrogen and oxygen atoms in total. The fraction of sp³-hybridized carbons (Fsp3) is 0.471. The van der Waals surface area contributed by atoms with Crippen molar-refractivity contribution in [2.75, 3.05) is 41.3 Å². The van der Waals surface area contributed by atoms with Gasteiger partial charge in [-0.05, 0) is 38.7 Å². The minimum Gasteiger partial charge on any atom is -0.497 e. The second-order valence-electron chi connectivity index (χ2n) is 5.99. The van der Waals surface area contributed by atoms with Crippen LogP contribution in [0.25, 0.3) is 0 Å². The molecule has 0 saturated carbocycles. The van der Waals surface area contributed by atoms with Gasteiger partial charge in [-0.15, -0.1) is 0 Å². The molecule has 1 amide bonds. The standard InChI is InChI=1S/C15H22N2O3.C2H2O4/c1-16(2)8-7-12-10-17(3)15(18)13-9-11(19-4)5-6-14(13)20-12;3-1(4)2(5)6/h5-6,9,12H,7-8,10H2,1-4H3;(H,3,4)(H,5,6). The first-order valence-electron chi connectivity index (χ1n) is 7.86. The van der Waals surface area contributed by atoms with Crippen molar-refractivity contribution in [2.24, 2.45) is 0 Å². The van der Waals surface area contributed by atoms with E-state index in [0.717, 1.165) is 13.0 Å². The third-order valence-electron chi connectivity index (χ3n) is 3.62. The molecule has 144 valence electrons. The number of carbonyl (C=O) groups excluding carboxylic acids is 1. The third-order valence-corrected chi connectivity index (χ3v) is 3.62. The molecule has 2 rings (SSSR count). The number of fused-ring (bicyclic) bond motifs is 1. The van der Waals surface area contributed by atoms with E-state index in [0.29, 0.717) is 23.6 Å². The third kappa shape index (κ3) is 6.25. The Morgan fingerprint density at radius 2 is 1.92 bits per heavy atom. The highest BCUT2D eigenvalue weighted by atomic mass is 16.5. The van der Waals surface area contributed by atoms with Crippen molar-refractivity contribution in [3.8, 4) is 11.5 Å². The predicted molar refractivity (Wildman–Crippen MR) is 92.8 cm³/mol. The molecule has 0 aliphatic carbocycles. The van der Waals surface area contributed by atoms with E-state index in [1.54, 1.807) is 18.1 Å². The van der Waals surface area contributed by atoms with Crippen molar-refractivity contribution in [3.63, 3.8) is 0 Å². The molecule has 0 radical (unpaired) electrons. The molecule has 1 heterocycles. The van der Waals surface area contributed by atoms with E-state index in [2.05, 4.69) is 4.90 Å². The van der Waals surface area contributed by atoms with Crippen LogP contribution < -0.4 is 9.47 Å². The van der Waals surface area contributed by atoms with Crippen molar-refractivity contribution in [1.29, 1.82) is 0 Å². The summed E-state index contributed by atoms with van der Waals surface area (Å²) < 4.78 is 11.2. The van der Waals surface area contributed by atoms with Crippen molar-refractivity contribution >= 4 is 17.8 Å². The van der Waals surface area contributed by atoms with E-state index in [1.807, 2.05) is 33.3 Å². The molecule has 26 heavy (non-hydrogen) atoms. The average Bonchev–Trinajstić information content (AvgIpc) is 2.70. The Kier molecular flexibility index (Phi) is 7.85. The van der Waals surface area contributed by atoms with Gasteiger partial charge >= 0.3 is 11.9 Å². The van der Waals surface area contributed by atoms with Crippen LogP contribution in [0.3, 0.4) is 0 Å². The molecule has 1 aromatic carbocycles. The molecular formula is C17H24N2O7. The summed E-state index contributed by atoms with van der Waals surface area (Å²) in [5.41, 5.74) is 0.569. The van der Waals surface area contributed by atoms with Crippen molar-refractivity contribution < 1.29 is 34.1 Å². The van der Waals surface area contributed by atoms with Gasteiger partial charge in [-0.3, -0.25) is 4.79 Å². The Morgan fingerprint density at radius 1 is 1.31 bits per heavy atom. The number of ether oxygens (including phenoxy) is 2. The molecular weight excluding hydrogens is 344 g/mol. The van der Waals surface area contributed by atoms with Crippen molar-refractivity contribution in [3.05, 3.63) is 23.8 Å². The number of aliphatic carboxylic acids is 2. The second kappa shape index (κ2) is 9.62. The zero-order valence-electron chi connectivity index (χ0n) is 15.3. The van der Waals surface area contributed by atoms with Crippen LogP contribution in [0.15, 0.2) is 18.2 Å². The quantitative estimate of drug-likeness (QED) is 0.744. The summed E-state index contributed by atoms with van der Waals surface area (Å²) >= 11 is 0. The highest BCUT2D eigenvalue weighted by molar-refractivity contribution is 6.27. The zero-order valence-corrected chi connectivity index (χ0v) is 15.3. The lowest BCUT2D eigenvalue weighted by Gasteiger charge is -2.22. The van der Waals surface area contributed by atoms with E-state index in [1.165, 1.54) is 0 Å². The Balaban J connectivity index is 0.000000487. The summed E-state index contributed by atoms with van der Waals surface area (Å²) in [5, 5.41) is 14.8. The van der Waals surface area contributed by atoms with Gasteiger partial charge in [-0.25, -0.2) is 9.59 Å². The molecule has 0 spiro atoms. The first-order chi connectivity index (χ1) is 12.1. The largest absolute Gasteiger partial charge is 0.497 e. The van der Waals surface area contributed by atoms with Gasteiger partial charge in [-0.1, -0.05) is 0 Å². The van der Waals surface area contributed by atoms with Gasteiger partial charge in [0.2, 0.25) is 0 Å². The van der Waals surface area contributed by atoms with Crippen LogP contribution in [0.5, 0.6) is 11.5 Å². The molecule has 9 heteroatoms. The fourth-order valence-corrected chi connectivity index (χ4v) is 2.27. The minimum absolute atomic E-state index is 0.0148. The molecule has 2 N–H and O–H groups in total. The number of benzene rings is 1. The Labute approximate surface area is 151 Å². The Morgan fingerprint density at radius 3 is 2.42 bits per heavy atom. The first kappa shape index (κ1) is 21.2. The molecule has 0 saturated heterocycles. The molecule has 1 atom stereocenters. The number of carboxylic acid groups (broad SMARTS) is 2. The monoisotopic (exact) mass is 368 g/mol. The summed E-state index contributed by atoms with van der Waals surface area (Å²) in [6, 6.07) is 5.37. The summed E-state index contributed by atoms with van der Waals surface area (Å²) in [6.07, 6.45) is 0.900. The molecule has 1 unspecified atom stereocenters. The molecule has 1 aliphatic heterocycles. The van der Waals surface area contributed by atoms with E-state index in [9.17, 15) is 4.79 Å². The van der Waals surface area contributed by atoms with Gasteiger partial charge in [0.25, 0.3) is 5.91 Å². The van der Waals surface area contributed by atoms with E-state index < -0.39 is 11.9 Å². The Bertz CT molecular complexity index is 649. The van der Waals surface area contributed by atoms with Crippen LogP contribution in [-0.4, -0.2) is 85.3 Å². The highest BCUT2D eigenvalue weighted by Crippen LogP contribution is 2.29. The lowest BCUT2D eigenvalue weighted by molar-refractivity contribution is -0.159. The van der Waals surface area contributed by atoms with E-state index in [4.69, 9.17) is 29.3 Å². The smallest absolute Gasteiger partial charge is 0.414 e. The van der Waals surface area contributed by atoms with Gasteiger partial charge in [0.05, 0.1) is 19.2 Å². The van der Waals surface area contributed by atoms with Crippen LogP contribution in [0.1, 0.15) is 16.8 Å². The SMILES string of the molecule is COc1ccc2c(c1)C(=O)N(C)CC(CCN(C)C)O2.O=C(O)C(=O)O. The molecule has 1 aromatic rings. The molecule has 0 fully saturated rings. The highest BCUT2D eigenvalue weighted by Gasteiger charge is 2.27. The van der Waals surface area contributed by atoms with E-state index >= 15 is 0 Å². The molecule has 0 bridgehead atoms. The lowest BCUT2D eigenvalue weighted by atomic mass is 10.1. The van der Waals surface area contributed by atoms with Crippen molar-refractivity contribution in [1.82, 2.24) is 9.80 Å². The number of nitrogens with zero attached hydrogens (tertiary/aromatic N) is 2. The lowest BCUT2D eigenvalue weighted by Crippen LogP contribution is -2.35. The summed E-state index contributed by atoms with van der Waals surface area (Å²) in [6.45, 7) is 1.53. The first-order valence-corrected chi connectivity index (χ1v) is 7.86. The zero-order chi connectivity index (χ0) is 19.9. The number of amides is 1. The van der Waals surface area contributed by atoms with Gasteiger partial charge in [0.15, 0.2) is 0 Å². The van der Waals surface area contributed by atoms with Crippen molar-refractivity contribution in [2.45, 2.75) is 12.5 Å². The van der Waals surface area contributed by atoms with Crippen LogP contribution in [0.4, 0.5) is 0 Å². The Hall–Kier alpha value is -2.81. The van der Waals surface area contributed by atoms with Gasteiger partial charge < -0.3 is 29.5 Å². The number of carboxylic acids is 2. The number of methoxy groups -OCH3 is 1. The average molecular weight is 368 g/mol. The minimum atomic E-state index is -1.82. The number of rotatable bonds is 4. The number of likely N-dealkylation sites (N-methyl/N-ethyl adjacent to an activating group) is 1. The predicted octanol–water partition coefficient (Wildman–Crippen LogP) is 0.636. The summed E-state index contributed by atoms with van der Waals surface area (Å²) in [5.74, 6) is -2.36. The molecule has 0 aromatic heterocycles. The second-order valence-corrected chi connectivity index (χ2v) is 5.99. The number of hydrogen-bond acceptors (Lipinski definition) is 6. The van der Waals surface area contributed by atoms with Gasteiger partial charge in [-0.2, -0.15) is 0 Å². The maximum atomic E-state index is 12.4. The maximum Gasteiger partial charge on any atom is 0.414 e. The number of hydrogen-bond donors (Lipinski definition) is 2. The topological polar surface area (TPSA) is 117 Å².